The Bertz CT molecular complexity index is 3520. The van der Waals surface area contributed by atoms with Gasteiger partial charge in [0.15, 0.2) is 0 Å². The third-order valence-corrected chi connectivity index (χ3v) is 12.0. The lowest BCUT2D eigenvalue weighted by Crippen LogP contribution is -2.09. The molecule has 0 N–H and O–H groups in total. The summed E-state index contributed by atoms with van der Waals surface area (Å²) in [6.07, 6.45) is 0. The van der Waals surface area contributed by atoms with Gasteiger partial charge < -0.3 is 13.9 Å². The van der Waals surface area contributed by atoms with Crippen LogP contribution in [0.25, 0.3) is 93.2 Å². The van der Waals surface area contributed by atoms with Gasteiger partial charge in [-0.25, -0.2) is 0 Å². The zero-order valence-corrected chi connectivity index (χ0v) is 32.1. The van der Waals surface area contributed by atoms with E-state index in [0.29, 0.717) is 0 Å². The molecule has 0 bridgehead atoms. The molecule has 2 aromatic heterocycles. The molecule has 0 atom stereocenters. The molecule has 0 aliphatic rings. The van der Waals surface area contributed by atoms with E-state index in [1.54, 1.807) is 0 Å². The van der Waals surface area contributed by atoms with Crippen molar-refractivity contribution in [2.45, 2.75) is 0 Å². The van der Waals surface area contributed by atoms with E-state index in [0.717, 1.165) is 50.3 Å². The van der Waals surface area contributed by atoms with E-state index in [4.69, 9.17) is 4.42 Å². The highest BCUT2D eigenvalue weighted by atomic mass is 16.3. The Labute approximate surface area is 341 Å². The number of rotatable bonds is 6. The van der Waals surface area contributed by atoms with Crippen molar-refractivity contribution in [1.82, 2.24) is 4.57 Å². The van der Waals surface area contributed by atoms with Crippen LogP contribution in [0.15, 0.2) is 223 Å². The van der Waals surface area contributed by atoms with Crippen molar-refractivity contribution in [3.05, 3.63) is 218 Å². The molecule has 0 aliphatic heterocycles. The molecule has 10 aromatic carbocycles. The summed E-state index contributed by atoms with van der Waals surface area (Å²) in [4.78, 5) is 2.33. The smallest absolute Gasteiger partial charge is 0.135 e. The van der Waals surface area contributed by atoms with Crippen molar-refractivity contribution >= 4 is 82.4 Å². The molecule has 0 saturated carbocycles. The number of para-hydroxylation sites is 2. The molecule has 3 nitrogen and oxygen atoms in total. The number of benzene rings is 10. The predicted molar refractivity (Wildman–Crippen MR) is 249 cm³/mol. The van der Waals surface area contributed by atoms with Crippen molar-refractivity contribution in [1.29, 1.82) is 0 Å². The molecule has 12 aromatic rings. The van der Waals surface area contributed by atoms with Gasteiger partial charge in [0.2, 0.25) is 0 Å². The Morgan fingerprint density at radius 3 is 1.47 bits per heavy atom. The van der Waals surface area contributed by atoms with Gasteiger partial charge in [0.25, 0.3) is 0 Å². The number of hydrogen-bond donors (Lipinski definition) is 0. The molecule has 276 valence electrons. The Hall–Kier alpha value is -7.88. The van der Waals surface area contributed by atoms with E-state index in [1.165, 1.54) is 60.0 Å². The SMILES string of the molecule is c1ccc(-c2ccc(N(c3ccc(-c4ccc(-n5c6ccccc6c6c7ccccc7c7ccccc7c65)cc4)cc3)c3ccc4oc5ccccc5c4c3)cc2)cc1. The van der Waals surface area contributed by atoms with Crippen molar-refractivity contribution in [3.8, 4) is 27.9 Å². The van der Waals surface area contributed by atoms with E-state index < -0.39 is 0 Å². The highest BCUT2D eigenvalue weighted by Crippen LogP contribution is 2.43. The standard InChI is InChI=1S/C56H36N2O/c1-2-12-37(13-3-1)38-22-28-41(29-23-38)57(44-34-35-54-51(36-44)47-16-9-11-21-53(47)59-54)42-30-24-39(25-31-42)40-26-32-43(33-27-40)58-52-20-10-8-19-50(52)55-48-17-6-4-14-45(48)46-15-5-7-18-49(46)56(55)58/h1-36H. The summed E-state index contributed by atoms with van der Waals surface area (Å²) in [6, 6.07) is 78.6. The summed E-state index contributed by atoms with van der Waals surface area (Å²) in [5.41, 5.74) is 13.3. The van der Waals surface area contributed by atoms with Crippen LogP contribution in [0, 0.1) is 0 Å². The monoisotopic (exact) mass is 752 g/mol. The summed E-state index contributed by atoms with van der Waals surface area (Å²) < 4.78 is 8.67. The van der Waals surface area contributed by atoms with Gasteiger partial charge >= 0.3 is 0 Å². The minimum absolute atomic E-state index is 0.885. The van der Waals surface area contributed by atoms with E-state index in [-0.39, 0.29) is 0 Å². The first kappa shape index (κ1) is 33.3. The topological polar surface area (TPSA) is 21.3 Å². The normalized spacial score (nSPS) is 11.7. The van der Waals surface area contributed by atoms with Gasteiger partial charge in [-0.15, -0.1) is 0 Å². The summed E-state index contributed by atoms with van der Waals surface area (Å²) in [5.74, 6) is 0. The van der Waals surface area contributed by atoms with Crippen LogP contribution in [0.1, 0.15) is 0 Å². The number of hydrogen-bond acceptors (Lipinski definition) is 2. The minimum atomic E-state index is 0.885. The van der Waals surface area contributed by atoms with Crippen LogP contribution < -0.4 is 4.90 Å². The second kappa shape index (κ2) is 13.4. The fourth-order valence-corrected chi connectivity index (χ4v) is 9.24. The van der Waals surface area contributed by atoms with Crippen LogP contribution in [0.4, 0.5) is 17.1 Å². The van der Waals surface area contributed by atoms with Gasteiger partial charge in [0, 0.05) is 49.7 Å². The van der Waals surface area contributed by atoms with E-state index in [2.05, 4.69) is 216 Å². The van der Waals surface area contributed by atoms with Gasteiger partial charge in [-0.3, -0.25) is 0 Å². The van der Waals surface area contributed by atoms with Crippen LogP contribution in [0.5, 0.6) is 0 Å². The molecule has 59 heavy (non-hydrogen) atoms. The number of fused-ring (bicyclic) bond motifs is 11. The Morgan fingerprint density at radius 2 is 0.797 bits per heavy atom. The zero-order chi connectivity index (χ0) is 38.9. The molecule has 0 fully saturated rings. The highest BCUT2D eigenvalue weighted by Gasteiger charge is 2.19. The van der Waals surface area contributed by atoms with Crippen LogP contribution in [0.3, 0.4) is 0 Å². The third kappa shape index (κ3) is 5.36. The third-order valence-electron chi connectivity index (χ3n) is 12.0. The predicted octanol–water partition coefficient (Wildman–Crippen LogP) is 15.8. The van der Waals surface area contributed by atoms with Crippen LogP contribution in [0.2, 0.25) is 0 Å². The highest BCUT2D eigenvalue weighted by molar-refractivity contribution is 6.32. The average molecular weight is 753 g/mol. The molecule has 2 heterocycles. The van der Waals surface area contributed by atoms with Crippen molar-refractivity contribution in [2.24, 2.45) is 0 Å². The van der Waals surface area contributed by atoms with E-state index in [1.807, 2.05) is 12.1 Å². The fraction of sp³-hybridized carbons (Fsp3) is 0. The number of furan rings is 1. The largest absolute Gasteiger partial charge is 0.456 e. The van der Waals surface area contributed by atoms with Crippen LogP contribution in [-0.2, 0) is 0 Å². The van der Waals surface area contributed by atoms with Gasteiger partial charge in [0.1, 0.15) is 11.2 Å². The Balaban J connectivity index is 0.948. The summed E-state index contributed by atoms with van der Waals surface area (Å²) >= 11 is 0. The lowest BCUT2D eigenvalue weighted by Gasteiger charge is -2.26. The molecule has 0 unspecified atom stereocenters. The zero-order valence-electron chi connectivity index (χ0n) is 32.1. The lowest BCUT2D eigenvalue weighted by molar-refractivity contribution is 0.669. The molecule has 0 aliphatic carbocycles. The molecule has 12 rings (SSSR count). The molecule has 3 heteroatoms. The Kier molecular flexibility index (Phi) is 7.54. The first-order valence-corrected chi connectivity index (χ1v) is 20.2. The lowest BCUT2D eigenvalue weighted by atomic mass is 9.97. The Morgan fingerprint density at radius 1 is 0.322 bits per heavy atom. The van der Waals surface area contributed by atoms with Crippen molar-refractivity contribution in [2.75, 3.05) is 4.90 Å². The molecular weight excluding hydrogens is 717 g/mol. The number of nitrogens with zero attached hydrogens (tertiary/aromatic N) is 2. The van der Waals surface area contributed by atoms with Crippen LogP contribution >= 0.6 is 0 Å². The average Bonchev–Trinajstić information content (AvgIpc) is 3.86. The first-order chi connectivity index (χ1) is 29.3. The molecule has 0 radical (unpaired) electrons. The maximum absolute atomic E-state index is 6.22. The van der Waals surface area contributed by atoms with Gasteiger partial charge in [-0.05, 0) is 105 Å². The summed E-state index contributed by atoms with van der Waals surface area (Å²) in [6.45, 7) is 0. The fourth-order valence-electron chi connectivity index (χ4n) is 9.24. The van der Waals surface area contributed by atoms with Crippen molar-refractivity contribution in [3.63, 3.8) is 0 Å². The molecule has 0 saturated heterocycles. The second-order valence-electron chi connectivity index (χ2n) is 15.3. The van der Waals surface area contributed by atoms with Crippen molar-refractivity contribution < 1.29 is 4.42 Å². The minimum Gasteiger partial charge on any atom is -0.456 e. The molecular formula is C56H36N2O. The van der Waals surface area contributed by atoms with E-state index in [9.17, 15) is 0 Å². The maximum atomic E-state index is 6.22. The number of aromatic nitrogens is 1. The summed E-state index contributed by atoms with van der Waals surface area (Å²) in [7, 11) is 0. The van der Waals surface area contributed by atoms with Crippen LogP contribution in [-0.4, -0.2) is 4.57 Å². The molecule has 0 spiro atoms. The van der Waals surface area contributed by atoms with E-state index >= 15 is 0 Å². The maximum Gasteiger partial charge on any atom is 0.135 e. The quantitative estimate of drug-likeness (QED) is 0.158. The van der Waals surface area contributed by atoms with Gasteiger partial charge in [0.05, 0.1) is 11.0 Å². The van der Waals surface area contributed by atoms with Gasteiger partial charge in [-0.1, -0.05) is 152 Å². The first-order valence-electron chi connectivity index (χ1n) is 20.2. The summed E-state index contributed by atoms with van der Waals surface area (Å²) in [5, 5.41) is 9.89. The number of anilines is 3. The second-order valence-corrected chi connectivity index (χ2v) is 15.3. The molecule has 0 amide bonds. The van der Waals surface area contributed by atoms with Gasteiger partial charge in [-0.2, -0.15) is 0 Å².